The molecule has 1 aliphatic heterocycles. The fourth-order valence-electron chi connectivity index (χ4n) is 3.06. The molecule has 0 aliphatic carbocycles. The minimum Gasteiger partial charge on any atom is -0.462 e. The molecule has 6 heteroatoms. The first kappa shape index (κ1) is 20.2. The van der Waals surface area contributed by atoms with Gasteiger partial charge in [-0.1, -0.05) is 47.0 Å². The van der Waals surface area contributed by atoms with Crippen LogP contribution in [0.2, 0.25) is 10.0 Å². The maximum absolute atomic E-state index is 13.2. The lowest BCUT2D eigenvalue weighted by molar-refractivity contribution is -0.138. The average Bonchev–Trinajstić information content (AvgIpc) is 2.89. The summed E-state index contributed by atoms with van der Waals surface area (Å²) in [6.07, 6.45) is 1.60. The average molecular weight is 416 g/mol. The fourth-order valence-corrected chi connectivity index (χ4v) is 3.52. The Morgan fingerprint density at radius 3 is 2.39 bits per heavy atom. The number of esters is 1. The minimum absolute atomic E-state index is 0.212. The summed E-state index contributed by atoms with van der Waals surface area (Å²) in [5.74, 6) is -0.852. The number of nitrogens with zero attached hydrogens (tertiary/aromatic N) is 1. The van der Waals surface area contributed by atoms with Gasteiger partial charge in [0.2, 0.25) is 0 Å². The third-order valence-corrected chi connectivity index (χ3v) is 5.00. The Hall–Kier alpha value is -2.56. The van der Waals surface area contributed by atoms with Gasteiger partial charge in [0.25, 0.3) is 5.91 Å². The van der Waals surface area contributed by atoms with E-state index in [0.29, 0.717) is 27.0 Å². The standard InChI is InChI=1S/C22H19Cl2NO3/c1-4-28-22(27)20-14(3)25(17-9-5-13(2)6-10-17)21(26)18(20)11-15-7-8-16(23)12-19(15)24/h5-12H,4H2,1-3H3. The van der Waals surface area contributed by atoms with Gasteiger partial charge in [-0.05, 0) is 56.7 Å². The third kappa shape index (κ3) is 3.84. The van der Waals surface area contributed by atoms with E-state index in [2.05, 4.69) is 0 Å². The zero-order valence-corrected chi connectivity index (χ0v) is 17.3. The van der Waals surface area contributed by atoms with Crippen molar-refractivity contribution in [3.63, 3.8) is 0 Å². The Morgan fingerprint density at radius 2 is 1.79 bits per heavy atom. The molecule has 1 aliphatic rings. The first-order valence-corrected chi connectivity index (χ1v) is 9.55. The normalized spacial score (nSPS) is 15.5. The summed E-state index contributed by atoms with van der Waals surface area (Å²) in [7, 11) is 0. The number of carbonyl (C=O) groups excluding carboxylic acids is 2. The van der Waals surface area contributed by atoms with E-state index in [1.54, 1.807) is 38.1 Å². The van der Waals surface area contributed by atoms with Crippen molar-refractivity contribution < 1.29 is 14.3 Å². The van der Waals surface area contributed by atoms with Gasteiger partial charge in [-0.3, -0.25) is 9.69 Å². The van der Waals surface area contributed by atoms with Gasteiger partial charge in [-0.2, -0.15) is 0 Å². The number of benzene rings is 2. The van der Waals surface area contributed by atoms with Crippen molar-refractivity contribution in [3.05, 3.63) is 80.5 Å². The van der Waals surface area contributed by atoms with Crippen LogP contribution in [0.15, 0.2) is 59.3 Å². The molecule has 2 aromatic carbocycles. The van der Waals surface area contributed by atoms with E-state index in [4.69, 9.17) is 27.9 Å². The molecule has 0 unspecified atom stereocenters. The molecule has 0 bridgehead atoms. The van der Waals surface area contributed by atoms with Crippen LogP contribution in [0.4, 0.5) is 5.69 Å². The summed E-state index contributed by atoms with van der Waals surface area (Å²) in [5.41, 5.74) is 3.34. The van der Waals surface area contributed by atoms with Crippen LogP contribution in [-0.4, -0.2) is 18.5 Å². The molecule has 0 spiro atoms. The molecule has 2 aromatic rings. The maximum atomic E-state index is 13.2. The molecular weight excluding hydrogens is 397 g/mol. The van der Waals surface area contributed by atoms with Gasteiger partial charge >= 0.3 is 5.97 Å². The number of hydrogen-bond acceptors (Lipinski definition) is 3. The Morgan fingerprint density at radius 1 is 1.11 bits per heavy atom. The van der Waals surface area contributed by atoms with Crippen LogP contribution in [0.3, 0.4) is 0 Å². The van der Waals surface area contributed by atoms with E-state index >= 15 is 0 Å². The molecule has 0 N–H and O–H groups in total. The predicted octanol–water partition coefficient (Wildman–Crippen LogP) is 5.57. The van der Waals surface area contributed by atoms with E-state index in [1.807, 2.05) is 31.2 Å². The highest BCUT2D eigenvalue weighted by molar-refractivity contribution is 6.36. The second kappa shape index (κ2) is 8.21. The number of aryl methyl sites for hydroxylation is 1. The van der Waals surface area contributed by atoms with Crippen LogP contribution in [-0.2, 0) is 14.3 Å². The Labute approximate surface area is 174 Å². The second-order valence-corrected chi connectivity index (χ2v) is 7.22. The highest BCUT2D eigenvalue weighted by Gasteiger charge is 2.38. The van der Waals surface area contributed by atoms with E-state index in [9.17, 15) is 9.59 Å². The van der Waals surface area contributed by atoms with Gasteiger partial charge in [0.15, 0.2) is 0 Å². The monoisotopic (exact) mass is 415 g/mol. The molecule has 1 heterocycles. The van der Waals surface area contributed by atoms with Crippen molar-refractivity contribution in [2.75, 3.05) is 11.5 Å². The molecule has 1 amide bonds. The zero-order chi connectivity index (χ0) is 20.4. The molecule has 0 radical (unpaired) electrons. The van der Waals surface area contributed by atoms with Gasteiger partial charge in [0.1, 0.15) is 0 Å². The lowest BCUT2D eigenvalue weighted by Gasteiger charge is -2.18. The summed E-state index contributed by atoms with van der Waals surface area (Å²) in [5, 5.41) is 0.881. The van der Waals surface area contributed by atoms with Crippen LogP contribution in [0, 0.1) is 6.92 Å². The number of ether oxygens (including phenoxy) is 1. The van der Waals surface area contributed by atoms with Gasteiger partial charge in [-0.15, -0.1) is 0 Å². The molecule has 0 saturated carbocycles. The molecule has 0 fully saturated rings. The van der Waals surface area contributed by atoms with Crippen LogP contribution < -0.4 is 4.90 Å². The van der Waals surface area contributed by atoms with Crippen LogP contribution in [0.1, 0.15) is 25.0 Å². The molecule has 144 valence electrons. The molecule has 0 aromatic heterocycles. The fraction of sp³-hybridized carbons (Fsp3) is 0.182. The number of rotatable bonds is 4. The lowest BCUT2D eigenvalue weighted by atomic mass is 10.0. The van der Waals surface area contributed by atoms with E-state index in [0.717, 1.165) is 5.56 Å². The smallest absolute Gasteiger partial charge is 0.340 e. The highest BCUT2D eigenvalue weighted by Crippen LogP contribution is 2.36. The van der Waals surface area contributed by atoms with Crippen molar-refractivity contribution in [2.45, 2.75) is 20.8 Å². The molecule has 3 rings (SSSR count). The van der Waals surface area contributed by atoms with Crippen LogP contribution in [0.5, 0.6) is 0 Å². The summed E-state index contributed by atoms with van der Waals surface area (Å²) in [4.78, 5) is 27.4. The number of amides is 1. The summed E-state index contributed by atoms with van der Waals surface area (Å²) < 4.78 is 5.19. The quantitative estimate of drug-likeness (QED) is 0.484. The number of halogens is 2. The maximum Gasteiger partial charge on any atom is 0.340 e. The topological polar surface area (TPSA) is 46.6 Å². The number of hydrogen-bond donors (Lipinski definition) is 0. The van der Waals surface area contributed by atoms with Gasteiger partial charge in [-0.25, -0.2) is 4.79 Å². The van der Waals surface area contributed by atoms with Gasteiger partial charge < -0.3 is 4.74 Å². The molecule has 0 atom stereocenters. The van der Waals surface area contributed by atoms with Gasteiger partial charge in [0.05, 0.1) is 17.8 Å². The van der Waals surface area contributed by atoms with E-state index < -0.39 is 5.97 Å². The lowest BCUT2D eigenvalue weighted by Crippen LogP contribution is -2.24. The van der Waals surface area contributed by atoms with Gasteiger partial charge in [0, 0.05) is 21.4 Å². The van der Waals surface area contributed by atoms with Crippen molar-refractivity contribution >= 4 is 46.8 Å². The first-order valence-electron chi connectivity index (χ1n) is 8.79. The van der Waals surface area contributed by atoms with Crippen molar-refractivity contribution in [1.29, 1.82) is 0 Å². The van der Waals surface area contributed by atoms with Crippen molar-refractivity contribution in [1.82, 2.24) is 0 Å². The van der Waals surface area contributed by atoms with Crippen molar-refractivity contribution in [3.8, 4) is 0 Å². The SMILES string of the molecule is CCOC(=O)C1=C(C)N(c2ccc(C)cc2)C(=O)C1=Cc1ccc(Cl)cc1Cl. The number of anilines is 1. The molecule has 4 nitrogen and oxygen atoms in total. The molecule has 0 saturated heterocycles. The van der Waals surface area contributed by atoms with E-state index in [1.165, 1.54) is 4.90 Å². The predicted molar refractivity (Wildman–Crippen MR) is 112 cm³/mol. The Bertz CT molecular complexity index is 1010. The summed E-state index contributed by atoms with van der Waals surface area (Å²) in [6, 6.07) is 12.5. The highest BCUT2D eigenvalue weighted by atomic mass is 35.5. The third-order valence-electron chi connectivity index (χ3n) is 4.43. The van der Waals surface area contributed by atoms with Crippen molar-refractivity contribution in [2.24, 2.45) is 0 Å². The van der Waals surface area contributed by atoms with Crippen LogP contribution in [0.25, 0.3) is 6.08 Å². The number of allylic oxidation sites excluding steroid dienone is 1. The largest absolute Gasteiger partial charge is 0.462 e. The minimum atomic E-state index is -0.542. The number of carbonyl (C=O) groups is 2. The summed E-state index contributed by atoms with van der Waals surface area (Å²) >= 11 is 12.2. The summed E-state index contributed by atoms with van der Waals surface area (Å²) in [6.45, 7) is 5.63. The first-order chi connectivity index (χ1) is 13.3. The Kier molecular flexibility index (Phi) is 5.92. The second-order valence-electron chi connectivity index (χ2n) is 6.38. The van der Waals surface area contributed by atoms with E-state index in [-0.39, 0.29) is 23.7 Å². The molecular formula is C22H19Cl2NO3. The zero-order valence-electron chi connectivity index (χ0n) is 15.8. The molecule has 28 heavy (non-hydrogen) atoms. The van der Waals surface area contributed by atoms with Crippen LogP contribution >= 0.6 is 23.2 Å². The Balaban J connectivity index is 2.14.